The number of amides is 3. The number of carbonyl (C=O) groups excluding carboxylic acids is 3. The highest BCUT2D eigenvalue weighted by molar-refractivity contribution is 5.95. The molecule has 0 saturated heterocycles. The Morgan fingerprint density at radius 2 is 1.36 bits per heavy atom. The van der Waals surface area contributed by atoms with Crippen LogP contribution in [-0.4, -0.2) is 48.1 Å². The summed E-state index contributed by atoms with van der Waals surface area (Å²) < 4.78 is 0. The molecule has 0 radical (unpaired) electrons. The third kappa shape index (κ3) is 10.1. The molecule has 0 aromatic heterocycles. The largest absolute Gasteiger partial charge is 0.384 e. The number of aryl methyl sites for hydroxylation is 1. The van der Waals surface area contributed by atoms with Crippen LogP contribution in [0.5, 0.6) is 0 Å². The van der Waals surface area contributed by atoms with Crippen molar-refractivity contribution in [3.63, 3.8) is 0 Å². The van der Waals surface area contributed by atoms with Crippen LogP contribution in [0.2, 0.25) is 0 Å². The van der Waals surface area contributed by atoms with Crippen molar-refractivity contribution in [2.75, 3.05) is 6.54 Å². The summed E-state index contributed by atoms with van der Waals surface area (Å²) in [5.74, 6) is -2.31. The molecule has 244 valence electrons. The first-order chi connectivity index (χ1) is 22.6. The molecule has 3 atom stereocenters. The van der Waals surface area contributed by atoms with Crippen LogP contribution in [0.15, 0.2) is 102 Å². The van der Waals surface area contributed by atoms with E-state index in [1.807, 2.05) is 84.9 Å². The number of nitrogens with one attached hydrogen (secondary N) is 3. The highest BCUT2D eigenvalue weighted by atomic mass is 16.2. The lowest BCUT2D eigenvalue weighted by molar-refractivity contribution is -0.132. The normalized spacial score (nSPS) is 12.8. The zero-order chi connectivity index (χ0) is 33.8. The molecule has 3 amide bonds. The number of aliphatic imine (C=N–C) groups is 1. The monoisotopic (exact) mass is 634 g/mol. The van der Waals surface area contributed by atoms with Crippen LogP contribution in [-0.2, 0) is 27.2 Å². The lowest BCUT2D eigenvalue weighted by atomic mass is 9.89. The molecule has 0 bridgehead atoms. The maximum atomic E-state index is 14.2. The summed E-state index contributed by atoms with van der Waals surface area (Å²) in [6, 6.07) is 28.7. The minimum Gasteiger partial charge on any atom is -0.384 e. The molecule has 0 spiro atoms. The zero-order valence-electron chi connectivity index (χ0n) is 26.2. The van der Waals surface area contributed by atoms with Crippen LogP contribution in [0.4, 0.5) is 0 Å². The van der Waals surface area contributed by atoms with Gasteiger partial charge in [-0.2, -0.15) is 0 Å². The average Bonchev–Trinajstić information content (AvgIpc) is 3.06. The van der Waals surface area contributed by atoms with Gasteiger partial charge in [0.1, 0.15) is 17.9 Å². The van der Waals surface area contributed by atoms with Crippen LogP contribution >= 0.6 is 0 Å². The fourth-order valence-corrected chi connectivity index (χ4v) is 5.40. The number of rotatable bonds is 16. The van der Waals surface area contributed by atoms with Crippen molar-refractivity contribution in [3.05, 3.63) is 119 Å². The second-order valence-electron chi connectivity index (χ2n) is 11.5. The van der Waals surface area contributed by atoms with Crippen LogP contribution in [0, 0.1) is 5.41 Å². The second kappa shape index (κ2) is 16.6. The molecule has 11 N–H and O–H groups in total. The molecule has 0 saturated carbocycles. The highest BCUT2D eigenvalue weighted by Gasteiger charge is 2.29. The minimum absolute atomic E-state index is 0.0434. The fourth-order valence-electron chi connectivity index (χ4n) is 5.40. The van der Waals surface area contributed by atoms with Gasteiger partial charge in [-0.05, 0) is 59.6 Å². The maximum Gasteiger partial charge on any atom is 0.243 e. The van der Waals surface area contributed by atoms with Crippen LogP contribution in [0.25, 0.3) is 10.8 Å². The minimum atomic E-state index is -0.969. The number of hydrogen-bond donors (Lipinski definition) is 7. The van der Waals surface area contributed by atoms with Gasteiger partial charge in [-0.3, -0.25) is 24.8 Å². The zero-order valence-corrected chi connectivity index (χ0v) is 26.2. The SMILES string of the molecule is N=C(N)c1ccc(CC(C(=O)N[C@@H](CCc2ccccc2)C(=O)N[C@@H](CCCN=C(N)N)C(N)=O)c2ccc3ccccc3c2)cc1. The van der Waals surface area contributed by atoms with E-state index in [-0.39, 0.29) is 30.7 Å². The Morgan fingerprint density at radius 1 is 0.702 bits per heavy atom. The number of benzene rings is 4. The van der Waals surface area contributed by atoms with Gasteiger partial charge in [0.15, 0.2) is 5.96 Å². The van der Waals surface area contributed by atoms with E-state index < -0.39 is 29.8 Å². The van der Waals surface area contributed by atoms with E-state index >= 15 is 0 Å². The molecule has 4 aromatic carbocycles. The number of guanidine groups is 1. The Morgan fingerprint density at radius 3 is 2.02 bits per heavy atom. The van der Waals surface area contributed by atoms with Gasteiger partial charge >= 0.3 is 0 Å². The van der Waals surface area contributed by atoms with E-state index in [1.54, 1.807) is 12.1 Å². The van der Waals surface area contributed by atoms with Gasteiger partial charge in [-0.15, -0.1) is 0 Å². The molecular formula is C36H42N8O3. The Labute approximate surface area is 274 Å². The number of nitrogens with two attached hydrogens (primary N) is 4. The summed E-state index contributed by atoms with van der Waals surface area (Å²) in [5, 5.41) is 15.5. The Balaban J connectivity index is 1.61. The van der Waals surface area contributed by atoms with Gasteiger partial charge in [0.2, 0.25) is 17.7 Å². The molecular weight excluding hydrogens is 592 g/mol. The molecule has 0 fully saturated rings. The standard InChI is InChI=1S/C36H42N8O3/c37-32(38)26-15-12-24(13-16-26)21-29(28-18-17-25-9-4-5-10-27(25)22-28)34(46)44-31(19-14-23-7-2-1-3-8-23)35(47)43-30(33(39)45)11-6-20-42-36(40)41/h1-5,7-10,12-13,15-18,22,29-31H,6,11,14,19-21H2,(H3,37,38)(H2,39,45)(H,43,47)(H,44,46)(H4,40,41,42)/t29?,30-,31-/m0/s1. The highest BCUT2D eigenvalue weighted by Crippen LogP contribution is 2.26. The number of hydrogen-bond acceptors (Lipinski definition) is 5. The van der Waals surface area contributed by atoms with Crippen molar-refractivity contribution in [1.29, 1.82) is 5.41 Å². The summed E-state index contributed by atoms with van der Waals surface area (Å²) in [6.45, 7) is 0.275. The summed E-state index contributed by atoms with van der Waals surface area (Å²) in [5.41, 5.74) is 25.3. The predicted molar refractivity (Wildman–Crippen MR) is 186 cm³/mol. The number of primary amides is 1. The first kappa shape index (κ1) is 34.2. The number of carbonyl (C=O) groups is 3. The fraction of sp³-hybridized carbons (Fsp3) is 0.250. The van der Waals surface area contributed by atoms with E-state index in [1.165, 1.54) is 0 Å². The summed E-state index contributed by atoms with van der Waals surface area (Å²) in [6.07, 6.45) is 1.79. The van der Waals surface area contributed by atoms with E-state index in [9.17, 15) is 14.4 Å². The van der Waals surface area contributed by atoms with Crippen molar-refractivity contribution >= 4 is 40.3 Å². The third-order valence-corrected chi connectivity index (χ3v) is 8.00. The first-order valence-electron chi connectivity index (χ1n) is 15.5. The molecule has 0 heterocycles. The molecule has 11 nitrogen and oxygen atoms in total. The van der Waals surface area contributed by atoms with Crippen molar-refractivity contribution in [2.45, 2.75) is 50.1 Å². The van der Waals surface area contributed by atoms with Crippen molar-refractivity contribution < 1.29 is 14.4 Å². The number of nitrogens with zero attached hydrogens (tertiary/aromatic N) is 1. The van der Waals surface area contributed by atoms with Crippen molar-refractivity contribution in [2.24, 2.45) is 27.9 Å². The molecule has 4 rings (SSSR count). The Hall–Kier alpha value is -5.71. The molecule has 1 unspecified atom stereocenters. The van der Waals surface area contributed by atoms with E-state index in [0.717, 1.165) is 27.5 Å². The molecule has 0 aliphatic heterocycles. The molecule has 4 aromatic rings. The predicted octanol–water partition coefficient (Wildman–Crippen LogP) is 2.59. The van der Waals surface area contributed by atoms with Gasteiger partial charge in [0, 0.05) is 12.1 Å². The molecule has 0 aliphatic carbocycles. The van der Waals surface area contributed by atoms with Crippen LogP contribution in [0.3, 0.4) is 0 Å². The van der Waals surface area contributed by atoms with E-state index in [4.69, 9.17) is 28.3 Å². The smallest absolute Gasteiger partial charge is 0.243 e. The Kier molecular flexibility index (Phi) is 12.0. The second-order valence-corrected chi connectivity index (χ2v) is 11.5. The van der Waals surface area contributed by atoms with Gasteiger partial charge in [0.25, 0.3) is 0 Å². The van der Waals surface area contributed by atoms with Gasteiger partial charge in [-0.25, -0.2) is 0 Å². The molecule has 11 heteroatoms. The number of amidine groups is 1. The summed E-state index contributed by atoms with van der Waals surface area (Å²) in [7, 11) is 0. The lowest BCUT2D eigenvalue weighted by Crippen LogP contribution is -2.53. The lowest BCUT2D eigenvalue weighted by Gasteiger charge is -2.25. The van der Waals surface area contributed by atoms with Gasteiger partial charge in [-0.1, -0.05) is 97.1 Å². The van der Waals surface area contributed by atoms with Crippen molar-refractivity contribution in [3.8, 4) is 0 Å². The van der Waals surface area contributed by atoms with Crippen LogP contribution in [0.1, 0.15) is 47.4 Å². The van der Waals surface area contributed by atoms with Crippen molar-refractivity contribution in [1.82, 2.24) is 10.6 Å². The maximum absolute atomic E-state index is 14.2. The van der Waals surface area contributed by atoms with Gasteiger partial charge < -0.3 is 33.6 Å². The Bertz CT molecular complexity index is 1720. The number of fused-ring (bicyclic) bond motifs is 1. The van der Waals surface area contributed by atoms with E-state index in [2.05, 4.69) is 15.6 Å². The quantitative estimate of drug-likeness (QED) is 0.0558. The first-order valence-corrected chi connectivity index (χ1v) is 15.5. The number of nitrogen functional groups attached to an aromatic ring is 1. The summed E-state index contributed by atoms with van der Waals surface area (Å²) in [4.78, 5) is 44.1. The molecule has 47 heavy (non-hydrogen) atoms. The molecule has 0 aliphatic rings. The van der Waals surface area contributed by atoms with Gasteiger partial charge in [0.05, 0.1) is 5.92 Å². The van der Waals surface area contributed by atoms with E-state index in [0.29, 0.717) is 31.2 Å². The van der Waals surface area contributed by atoms with Crippen LogP contribution < -0.4 is 33.6 Å². The topological polar surface area (TPSA) is 216 Å². The average molecular weight is 635 g/mol. The summed E-state index contributed by atoms with van der Waals surface area (Å²) >= 11 is 0. The third-order valence-electron chi connectivity index (χ3n) is 8.00.